The second-order valence-corrected chi connectivity index (χ2v) is 4.89. The van der Waals surface area contributed by atoms with Gasteiger partial charge in [-0.25, -0.2) is 0 Å². The molecule has 23 heavy (non-hydrogen) atoms. The van der Waals surface area contributed by atoms with E-state index in [1.165, 1.54) is 25.1 Å². The van der Waals surface area contributed by atoms with Crippen molar-refractivity contribution in [3.63, 3.8) is 0 Å². The van der Waals surface area contributed by atoms with E-state index in [1.807, 2.05) is 0 Å². The zero-order valence-corrected chi connectivity index (χ0v) is 12.6. The fraction of sp³-hybridized carbons (Fsp3) is 0.125. The largest absolute Gasteiger partial charge is 0.326 e. The van der Waals surface area contributed by atoms with Crippen LogP contribution in [0.1, 0.15) is 22.8 Å². The third-order valence-electron chi connectivity index (χ3n) is 3.24. The predicted molar refractivity (Wildman–Crippen MR) is 86.5 cm³/mol. The zero-order chi connectivity index (χ0) is 17.0. The van der Waals surface area contributed by atoms with Crippen LogP contribution in [0.3, 0.4) is 0 Å². The van der Waals surface area contributed by atoms with Crippen LogP contribution in [-0.4, -0.2) is 16.7 Å². The summed E-state index contributed by atoms with van der Waals surface area (Å²) in [4.78, 5) is 33.9. The average Bonchev–Trinajstić information content (AvgIpc) is 2.50. The van der Waals surface area contributed by atoms with Gasteiger partial charge < -0.3 is 10.6 Å². The van der Waals surface area contributed by atoms with E-state index in [-0.39, 0.29) is 17.2 Å². The molecule has 2 N–H and O–H groups in total. The maximum Gasteiger partial charge on any atom is 0.282 e. The Hall–Kier alpha value is -3.22. The van der Waals surface area contributed by atoms with E-state index in [2.05, 4.69) is 10.6 Å². The number of nitro groups is 1. The topological polar surface area (TPSA) is 101 Å². The summed E-state index contributed by atoms with van der Waals surface area (Å²) in [5.41, 5.74) is 1.41. The maximum atomic E-state index is 12.3. The van der Waals surface area contributed by atoms with Crippen LogP contribution in [0.15, 0.2) is 42.5 Å². The first-order valence-corrected chi connectivity index (χ1v) is 6.82. The Kier molecular flexibility index (Phi) is 4.70. The van der Waals surface area contributed by atoms with Gasteiger partial charge in [-0.3, -0.25) is 19.7 Å². The molecule has 0 aliphatic heterocycles. The molecule has 0 unspecified atom stereocenters. The van der Waals surface area contributed by atoms with Gasteiger partial charge in [-0.15, -0.1) is 0 Å². The molecular weight excluding hydrogens is 298 g/mol. The summed E-state index contributed by atoms with van der Waals surface area (Å²) >= 11 is 0. The van der Waals surface area contributed by atoms with Crippen molar-refractivity contribution in [3.8, 4) is 0 Å². The lowest BCUT2D eigenvalue weighted by Crippen LogP contribution is -2.15. The molecule has 0 aliphatic carbocycles. The number of nitrogens with one attached hydrogen (secondary N) is 2. The van der Waals surface area contributed by atoms with Crippen LogP contribution in [0.5, 0.6) is 0 Å². The summed E-state index contributed by atoms with van der Waals surface area (Å²) in [5.74, 6) is -0.810. The molecule has 0 bridgehead atoms. The van der Waals surface area contributed by atoms with Crippen molar-refractivity contribution in [2.24, 2.45) is 0 Å². The summed E-state index contributed by atoms with van der Waals surface area (Å²) < 4.78 is 0. The van der Waals surface area contributed by atoms with Crippen LogP contribution < -0.4 is 10.6 Å². The van der Waals surface area contributed by atoms with Crippen molar-refractivity contribution >= 4 is 28.9 Å². The van der Waals surface area contributed by atoms with Crippen molar-refractivity contribution in [3.05, 3.63) is 63.7 Å². The number of amides is 2. The molecule has 0 aromatic heterocycles. The lowest BCUT2D eigenvalue weighted by Gasteiger charge is -2.12. The number of anilines is 2. The standard InChI is InChI=1S/C16H15N3O4/c1-10-13(17-11(2)20)7-5-8-14(10)18-16(21)12-6-3-4-9-15(12)19(22)23/h3-9H,1-2H3,(H,17,20)(H,18,21). The summed E-state index contributed by atoms with van der Waals surface area (Å²) in [6, 6.07) is 10.8. The Bertz CT molecular complexity index is 787. The Morgan fingerprint density at radius 3 is 2.22 bits per heavy atom. The smallest absolute Gasteiger partial charge is 0.282 e. The van der Waals surface area contributed by atoms with Gasteiger partial charge >= 0.3 is 0 Å². The highest BCUT2D eigenvalue weighted by Gasteiger charge is 2.20. The molecule has 0 saturated carbocycles. The second kappa shape index (κ2) is 6.69. The molecular formula is C16H15N3O4. The SMILES string of the molecule is CC(=O)Nc1cccc(NC(=O)c2ccccc2[N+](=O)[O-])c1C. The van der Waals surface area contributed by atoms with E-state index >= 15 is 0 Å². The quantitative estimate of drug-likeness (QED) is 0.668. The minimum Gasteiger partial charge on any atom is -0.326 e. The highest BCUT2D eigenvalue weighted by atomic mass is 16.6. The minimum absolute atomic E-state index is 0.0261. The zero-order valence-electron chi connectivity index (χ0n) is 12.6. The van der Waals surface area contributed by atoms with E-state index in [0.717, 1.165) is 0 Å². The van der Waals surface area contributed by atoms with E-state index < -0.39 is 10.8 Å². The molecule has 0 atom stereocenters. The molecule has 2 rings (SSSR count). The Morgan fingerprint density at radius 1 is 1.00 bits per heavy atom. The van der Waals surface area contributed by atoms with Crippen LogP contribution in [0.4, 0.5) is 17.1 Å². The van der Waals surface area contributed by atoms with Crippen molar-refractivity contribution in [1.82, 2.24) is 0 Å². The molecule has 0 saturated heterocycles. The monoisotopic (exact) mass is 313 g/mol. The van der Waals surface area contributed by atoms with Gasteiger partial charge in [-0.1, -0.05) is 18.2 Å². The number of rotatable bonds is 4. The molecule has 7 heteroatoms. The Balaban J connectivity index is 2.31. The normalized spacial score (nSPS) is 10.0. The van der Waals surface area contributed by atoms with Crippen LogP contribution in [0, 0.1) is 17.0 Å². The molecule has 118 valence electrons. The highest BCUT2D eigenvalue weighted by molar-refractivity contribution is 6.07. The fourth-order valence-electron chi connectivity index (χ4n) is 2.11. The first kappa shape index (κ1) is 16.2. The maximum absolute atomic E-state index is 12.3. The molecule has 0 heterocycles. The fourth-order valence-corrected chi connectivity index (χ4v) is 2.11. The van der Waals surface area contributed by atoms with Crippen molar-refractivity contribution < 1.29 is 14.5 Å². The van der Waals surface area contributed by atoms with Gasteiger partial charge in [0.15, 0.2) is 0 Å². The van der Waals surface area contributed by atoms with Gasteiger partial charge in [-0.05, 0) is 30.7 Å². The van der Waals surface area contributed by atoms with Crippen molar-refractivity contribution in [1.29, 1.82) is 0 Å². The molecule has 0 spiro atoms. The van der Waals surface area contributed by atoms with Gasteiger partial charge in [-0.2, -0.15) is 0 Å². The van der Waals surface area contributed by atoms with Crippen LogP contribution in [-0.2, 0) is 4.79 Å². The number of nitrogens with zero attached hydrogens (tertiary/aromatic N) is 1. The highest BCUT2D eigenvalue weighted by Crippen LogP contribution is 2.25. The lowest BCUT2D eigenvalue weighted by atomic mass is 10.1. The molecule has 0 fully saturated rings. The van der Waals surface area contributed by atoms with E-state index in [1.54, 1.807) is 31.2 Å². The minimum atomic E-state index is -0.602. The van der Waals surface area contributed by atoms with Gasteiger partial charge in [0.2, 0.25) is 5.91 Å². The first-order valence-electron chi connectivity index (χ1n) is 6.82. The van der Waals surface area contributed by atoms with Gasteiger partial charge in [0, 0.05) is 24.4 Å². The second-order valence-electron chi connectivity index (χ2n) is 4.89. The molecule has 0 radical (unpaired) electrons. The Labute approximate surface area is 132 Å². The summed E-state index contributed by atoms with van der Waals surface area (Å²) in [6.45, 7) is 3.12. The number of carbonyl (C=O) groups excluding carboxylic acids is 2. The van der Waals surface area contributed by atoms with E-state index in [9.17, 15) is 19.7 Å². The average molecular weight is 313 g/mol. The first-order chi connectivity index (χ1) is 10.9. The lowest BCUT2D eigenvalue weighted by molar-refractivity contribution is -0.385. The molecule has 2 amide bonds. The van der Waals surface area contributed by atoms with Crippen LogP contribution in [0.2, 0.25) is 0 Å². The number of para-hydroxylation sites is 1. The van der Waals surface area contributed by atoms with Gasteiger partial charge in [0.1, 0.15) is 5.56 Å². The van der Waals surface area contributed by atoms with Crippen LogP contribution >= 0.6 is 0 Å². The summed E-state index contributed by atoms with van der Waals surface area (Å²) in [5, 5.41) is 16.3. The number of carbonyl (C=O) groups is 2. The molecule has 7 nitrogen and oxygen atoms in total. The summed E-state index contributed by atoms with van der Waals surface area (Å²) in [6.07, 6.45) is 0. The van der Waals surface area contributed by atoms with E-state index in [0.29, 0.717) is 16.9 Å². The molecule has 2 aromatic carbocycles. The summed E-state index contributed by atoms with van der Waals surface area (Å²) in [7, 11) is 0. The van der Waals surface area contributed by atoms with Gasteiger partial charge in [0.05, 0.1) is 4.92 Å². The molecule has 0 aliphatic rings. The molecule has 2 aromatic rings. The Morgan fingerprint density at radius 2 is 1.61 bits per heavy atom. The third kappa shape index (κ3) is 3.70. The van der Waals surface area contributed by atoms with Crippen molar-refractivity contribution in [2.75, 3.05) is 10.6 Å². The number of hydrogen-bond donors (Lipinski definition) is 2. The number of nitro benzene ring substituents is 1. The third-order valence-corrected chi connectivity index (χ3v) is 3.24. The van der Waals surface area contributed by atoms with E-state index in [4.69, 9.17) is 0 Å². The number of benzene rings is 2. The van der Waals surface area contributed by atoms with Crippen LogP contribution in [0.25, 0.3) is 0 Å². The van der Waals surface area contributed by atoms with Crippen molar-refractivity contribution in [2.45, 2.75) is 13.8 Å². The predicted octanol–water partition coefficient (Wildman–Crippen LogP) is 3.11. The van der Waals surface area contributed by atoms with Gasteiger partial charge in [0.25, 0.3) is 11.6 Å². The number of hydrogen-bond acceptors (Lipinski definition) is 4.